The zero-order chi connectivity index (χ0) is 18.5. The molecule has 0 heterocycles. The van der Waals surface area contributed by atoms with E-state index < -0.39 is 0 Å². The van der Waals surface area contributed by atoms with Crippen LogP contribution < -0.4 is 19.5 Å². The molecule has 3 aromatic carbocycles. The van der Waals surface area contributed by atoms with Crippen molar-refractivity contribution < 1.29 is 19.0 Å². The van der Waals surface area contributed by atoms with Gasteiger partial charge in [-0.05, 0) is 24.3 Å². The molecule has 0 aliphatic rings. The first-order chi connectivity index (χ1) is 12.6. The van der Waals surface area contributed by atoms with E-state index in [1.54, 1.807) is 37.4 Å². The molecule has 0 aromatic heterocycles. The van der Waals surface area contributed by atoms with Crippen molar-refractivity contribution in [3.8, 4) is 17.2 Å². The van der Waals surface area contributed by atoms with Gasteiger partial charge in [0.25, 0.3) is 5.91 Å². The van der Waals surface area contributed by atoms with Crippen molar-refractivity contribution in [1.82, 2.24) is 0 Å². The van der Waals surface area contributed by atoms with Gasteiger partial charge in [0.05, 0.1) is 19.9 Å². The number of halogens is 1. The topological polar surface area (TPSA) is 56.8 Å². The van der Waals surface area contributed by atoms with E-state index in [2.05, 4.69) is 5.32 Å². The SMILES string of the molecule is COc1ccc(NC(=O)COc2ccc(Cl)c3ccccc23)c(OC)c1. The Kier molecular flexibility index (Phi) is 5.49. The van der Waals surface area contributed by atoms with Gasteiger partial charge in [-0.25, -0.2) is 0 Å². The molecule has 0 spiro atoms. The van der Waals surface area contributed by atoms with Gasteiger partial charge in [-0.1, -0.05) is 35.9 Å². The molecule has 1 N–H and O–H groups in total. The van der Waals surface area contributed by atoms with Gasteiger partial charge in [-0.3, -0.25) is 4.79 Å². The lowest BCUT2D eigenvalue weighted by Crippen LogP contribution is -2.20. The van der Waals surface area contributed by atoms with Crippen molar-refractivity contribution in [3.05, 3.63) is 59.6 Å². The number of hydrogen-bond acceptors (Lipinski definition) is 4. The third kappa shape index (κ3) is 3.83. The first-order valence-electron chi connectivity index (χ1n) is 7.94. The molecular formula is C20H18ClNO4. The Morgan fingerprint density at radius 2 is 1.73 bits per heavy atom. The number of carbonyl (C=O) groups is 1. The molecule has 5 nitrogen and oxygen atoms in total. The van der Waals surface area contributed by atoms with E-state index in [-0.39, 0.29) is 12.5 Å². The third-order valence-corrected chi connectivity index (χ3v) is 4.20. The number of nitrogens with one attached hydrogen (secondary N) is 1. The second-order valence-corrected chi connectivity index (χ2v) is 5.90. The molecule has 0 saturated heterocycles. The third-order valence-electron chi connectivity index (χ3n) is 3.87. The summed E-state index contributed by atoms with van der Waals surface area (Å²) in [5.41, 5.74) is 0.544. The first kappa shape index (κ1) is 17.9. The fourth-order valence-corrected chi connectivity index (χ4v) is 2.82. The smallest absolute Gasteiger partial charge is 0.262 e. The molecule has 0 aliphatic heterocycles. The Bertz CT molecular complexity index is 942. The minimum Gasteiger partial charge on any atom is -0.497 e. The summed E-state index contributed by atoms with van der Waals surface area (Å²) in [6, 6.07) is 16.3. The maximum absolute atomic E-state index is 12.3. The summed E-state index contributed by atoms with van der Waals surface area (Å²) < 4.78 is 16.1. The number of methoxy groups -OCH3 is 2. The van der Waals surface area contributed by atoms with Gasteiger partial charge in [0.1, 0.15) is 17.2 Å². The van der Waals surface area contributed by atoms with E-state index >= 15 is 0 Å². The van der Waals surface area contributed by atoms with Crippen LogP contribution in [0.4, 0.5) is 5.69 Å². The van der Waals surface area contributed by atoms with Crippen LogP contribution >= 0.6 is 11.6 Å². The summed E-state index contributed by atoms with van der Waals surface area (Å²) >= 11 is 6.20. The number of hydrogen-bond donors (Lipinski definition) is 1. The number of ether oxygens (including phenoxy) is 3. The van der Waals surface area contributed by atoms with E-state index in [4.69, 9.17) is 25.8 Å². The second kappa shape index (κ2) is 7.97. The molecule has 0 fully saturated rings. The van der Waals surface area contributed by atoms with Crippen LogP contribution in [-0.4, -0.2) is 26.7 Å². The molecule has 0 atom stereocenters. The molecule has 1 amide bonds. The van der Waals surface area contributed by atoms with Crippen LogP contribution in [0.5, 0.6) is 17.2 Å². The number of amides is 1. The fraction of sp³-hybridized carbons (Fsp3) is 0.150. The van der Waals surface area contributed by atoms with E-state index in [0.717, 1.165) is 10.8 Å². The number of fused-ring (bicyclic) bond motifs is 1. The highest BCUT2D eigenvalue weighted by Gasteiger charge is 2.11. The summed E-state index contributed by atoms with van der Waals surface area (Å²) in [7, 11) is 3.10. The molecule has 0 radical (unpaired) electrons. The van der Waals surface area contributed by atoms with Gasteiger partial charge in [-0.2, -0.15) is 0 Å². The van der Waals surface area contributed by atoms with Gasteiger partial charge in [0, 0.05) is 21.9 Å². The van der Waals surface area contributed by atoms with Crippen molar-refractivity contribution in [3.63, 3.8) is 0 Å². The van der Waals surface area contributed by atoms with E-state index in [0.29, 0.717) is 28.0 Å². The Hall–Kier alpha value is -2.92. The average molecular weight is 372 g/mol. The normalized spacial score (nSPS) is 10.4. The van der Waals surface area contributed by atoms with Gasteiger partial charge in [0.15, 0.2) is 6.61 Å². The van der Waals surface area contributed by atoms with Crippen LogP contribution in [0, 0.1) is 0 Å². The summed E-state index contributed by atoms with van der Waals surface area (Å²) in [4.78, 5) is 12.3. The lowest BCUT2D eigenvalue weighted by Gasteiger charge is -2.13. The van der Waals surface area contributed by atoms with Crippen LogP contribution in [-0.2, 0) is 4.79 Å². The summed E-state index contributed by atoms with van der Waals surface area (Å²) in [6.07, 6.45) is 0. The molecule has 0 bridgehead atoms. The van der Waals surface area contributed by atoms with Crippen molar-refractivity contribution in [2.75, 3.05) is 26.1 Å². The van der Waals surface area contributed by atoms with Crippen LogP contribution in [0.15, 0.2) is 54.6 Å². The van der Waals surface area contributed by atoms with Crippen molar-refractivity contribution in [1.29, 1.82) is 0 Å². The molecule has 134 valence electrons. The highest BCUT2D eigenvalue weighted by molar-refractivity contribution is 6.35. The minimum atomic E-state index is -0.299. The summed E-state index contributed by atoms with van der Waals surface area (Å²) in [5.74, 6) is 1.45. The first-order valence-corrected chi connectivity index (χ1v) is 8.32. The quantitative estimate of drug-likeness (QED) is 0.691. The van der Waals surface area contributed by atoms with E-state index in [9.17, 15) is 4.79 Å². The zero-order valence-corrected chi connectivity index (χ0v) is 15.2. The molecular weight excluding hydrogens is 354 g/mol. The van der Waals surface area contributed by atoms with Crippen molar-refractivity contribution in [2.45, 2.75) is 0 Å². The van der Waals surface area contributed by atoms with Crippen LogP contribution in [0.3, 0.4) is 0 Å². The molecule has 0 unspecified atom stereocenters. The summed E-state index contributed by atoms with van der Waals surface area (Å²) in [5, 5.41) is 5.15. The Morgan fingerprint density at radius 1 is 0.962 bits per heavy atom. The molecule has 6 heteroatoms. The van der Waals surface area contributed by atoms with E-state index in [1.807, 2.05) is 24.3 Å². The predicted octanol–water partition coefficient (Wildman–Crippen LogP) is 4.53. The highest BCUT2D eigenvalue weighted by atomic mass is 35.5. The molecule has 3 rings (SSSR count). The fourth-order valence-electron chi connectivity index (χ4n) is 2.59. The Morgan fingerprint density at radius 3 is 2.46 bits per heavy atom. The monoisotopic (exact) mass is 371 g/mol. The van der Waals surface area contributed by atoms with Gasteiger partial charge < -0.3 is 19.5 Å². The van der Waals surface area contributed by atoms with Crippen molar-refractivity contribution >= 4 is 34.0 Å². The standard InChI is InChI=1S/C20H18ClNO4/c1-24-13-7-9-17(19(11-13)25-2)22-20(23)12-26-18-10-8-16(21)14-5-3-4-6-15(14)18/h3-11H,12H2,1-2H3,(H,22,23). The Balaban J connectivity index is 1.71. The summed E-state index contributed by atoms with van der Waals surface area (Å²) in [6.45, 7) is -0.138. The minimum absolute atomic E-state index is 0.138. The zero-order valence-electron chi connectivity index (χ0n) is 14.4. The number of carbonyl (C=O) groups excluding carboxylic acids is 1. The maximum Gasteiger partial charge on any atom is 0.262 e. The lowest BCUT2D eigenvalue weighted by atomic mass is 10.1. The van der Waals surface area contributed by atoms with Crippen LogP contribution in [0.2, 0.25) is 5.02 Å². The van der Waals surface area contributed by atoms with Gasteiger partial charge >= 0.3 is 0 Å². The molecule has 0 saturated carbocycles. The molecule has 0 aliphatic carbocycles. The number of rotatable bonds is 6. The predicted molar refractivity (Wildman–Crippen MR) is 103 cm³/mol. The number of benzene rings is 3. The average Bonchev–Trinajstić information content (AvgIpc) is 2.68. The van der Waals surface area contributed by atoms with Gasteiger partial charge in [-0.15, -0.1) is 0 Å². The van der Waals surface area contributed by atoms with Crippen LogP contribution in [0.1, 0.15) is 0 Å². The Labute approximate surface area is 156 Å². The maximum atomic E-state index is 12.3. The molecule has 26 heavy (non-hydrogen) atoms. The van der Waals surface area contributed by atoms with Crippen LogP contribution in [0.25, 0.3) is 10.8 Å². The second-order valence-electron chi connectivity index (χ2n) is 5.49. The lowest BCUT2D eigenvalue weighted by molar-refractivity contribution is -0.118. The van der Waals surface area contributed by atoms with E-state index in [1.165, 1.54) is 7.11 Å². The molecule has 3 aromatic rings. The largest absolute Gasteiger partial charge is 0.497 e. The van der Waals surface area contributed by atoms with Crippen molar-refractivity contribution in [2.24, 2.45) is 0 Å². The van der Waals surface area contributed by atoms with Gasteiger partial charge in [0.2, 0.25) is 0 Å². The highest BCUT2D eigenvalue weighted by Crippen LogP contribution is 2.32. The number of anilines is 1.